The minimum absolute atomic E-state index is 0.0270. The zero-order valence-corrected chi connectivity index (χ0v) is 16.4. The number of benzene rings is 2. The van der Waals surface area contributed by atoms with E-state index in [1.54, 1.807) is 37.6 Å². The third-order valence-electron chi connectivity index (χ3n) is 5.09. The first-order valence-electron chi connectivity index (χ1n) is 9.38. The number of hydrogen-bond acceptors (Lipinski definition) is 5. The second-order valence-corrected chi connectivity index (χ2v) is 6.84. The molecule has 1 N–H and O–H groups in total. The molecule has 1 aliphatic heterocycles. The predicted octanol–water partition coefficient (Wildman–Crippen LogP) is 2.98. The van der Waals surface area contributed by atoms with Gasteiger partial charge in [-0.1, -0.05) is 18.2 Å². The van der Waals surface area contributed by atoms with Crippen molar-refractivity contribution in [1.82, 2.24) is 14.9 Å². The summed E-state index contributed by atoms with van der Waals surface area (Å²) in [6.07, 6.45) is 1.68. The fourth-order valence-electron chi connectivity index (χ4n) is 3.56. The highest BCUT2D eigenvalue weighted by Gasteiger charge is 2.31. The van der Waals surface area contributed by atoms with Crippen LogP contribution in [-0.4, -0.2) is 48.1 Å². The number of carbonyl (C=O) groups excluding carboxylic acids is 1. The van der Waals surface area contributed by atoms with Crippen LogP contribution in [-0.2, 0) is 11.3 Å². The van der Waals surface area contributed by atoms with Gasteiger partial charge in [-0.3, -0.25) is 4.79 Å². The van der Waals surface area contributed by atoms with Crippen LogP contribution in [0.1, 0.15) is 22.9 Å². The maximum atomic E-state index is 12.9. The molecular formula is C22H23N3O4. The molecule has 7 nitrogen and oxygen atoms in total. The minimum atomic E-state index is -0.0824. The lowest BCUT2D eigenvalue weighted by atomic mass is 9.90. The third-order valence-corrected chi connectivity index (χ3v) is 5.09. The van der Waals surface area contributed by atoms with Crippen molar-refractivity contribution in [1.29, 1.82) is 0 Å². The first-order chi connectivity index (χ1) is 14.2. The number of aromatic nitrogens is 2. The van der Waals surface area contributed by atoms with Crippen LogP contribution in [0.15, 0.2) is 54.9 Å². The molecule has 1 aromatic heterocycles. The van der Waals surface area contributed by atoms with Gasteiger partial charge in [0.25, 0.3) is 5.91 Å². The quantitative estimate of drug-likeness (QED) is 0.697. The average molecular weight is 393 g/mol. The molecule has 0 aliphatic carbocycles. The molecule has 0 saturated carbocycles. The first kappa shape index (κ1) is 18.9. The van der Waals surface area contributed by atoms with Crippen LogP contribution >= 0.6 is 0 Å². The third kappa shape index (κ3) is 4.03. The van der Waals surface area contributed by atoms with E-state index in [0.29, 0.717) is 24.6 Å². The van der Waals surface area contributed by atoms with Gasteiger partial charge in [-0.15, -0.1) is 0 Å². The van der Waals surface area contributed by atoms with Crippen molar-refractivity contribution in [2.75, 3.05) is 27.4 Å². The highest BCUT2D eigenvalue weighted by Crippen LogP contribution is 2.33. The second kappa shape index (κ2) is 8.26. The molecule has 0 fully saturated rings. The SMILES string of the molecule is COc1cccc(OCC(=O)N2Cc3[nH]cnc3C(c3cccc(OC)c3)C2)c1. The molecule has 0 radical (unpaired) electrons. The molecule has 1 atom stereocenters. The maximum Gasteiger partial charge on any atom is 0.260 e. The molecule has 0 saturated heterocycles. The summed E-state index contributed by atoms with van der Waals surface area (Å²) in [6.45, 7) is 0.975. The molecule has 1 aliphatic rings. The van der Waals surface area contributed by atoms with E-state index in [0.717, 1.165) is 22.7 Å². The first-order valence-corrected chi connectivity index (χ1v) is 9.38. The van der Waals surface area contributed by atoms with Crippen LogP contribution < -0.4 is 14.2 Å². The number of imidazole rings is 1. The van der Waals surface area contributed by atoms with E-state index in [1.807, 2.05) is 36.4 Å². The molecule has 0 bridgehead atoms. The Labute approximate surface area is 169 Å². The fraction of sp³-hybridized carbons (Fsp3) is 0.273. The van der Waals surface area contributed by atoms with E-state index in [2.05, 4.69) is 9.97 Å². The lowest BCUT2D eigenvalue weighted by molar-refractivity contribution is -0.134. The van der Waals surface area contributed by atoms with Crippen LogP contribution in [0.5, 0.6) is 17.2 Å². The predicted molar refractivity (Wildman–Crippen MR) is 107 cm³/mol. The number of methoxy groups -OCH3 is 2. The molecule has 2 heterocycles. The average Bonchev–Trinajstić information content (AvgIpc) is 3.25. The van der Waals surface area contributed by atoms with Gasteiger partial charge in [-0.25, -0.2) is 4.98 Å². The number of nitrogens with zero attached hydrogens (tertiary/aromatic N) is 2. The van der Waals surface area contributed by atoms with Gasteiger partial charge < -0.3 is 24.1 Å². The van der Waals surface area contributed by atoms with E-state index in [1.165, 1.54) is 0 Å². The summed E-state index contributed by atoms with van der Waals surface area (Å²) in [6, 6.07) is 15.1. The van der Waals surface area contributed by atoms with Crippen molar-refractivity contribution >= 4 is 5.91 Å². The Bertz CT molecular complexity index is 1000. The van der Waals surface area contributed by atoms with Crippen LogP contribution in [0.25, 0.3) is 0 Å². The monoisotopic (exact) mass is 393 g/mol. The Hall–Kier alpha value is -3.48. The number of rotatable bonds is 6. The Balaban J connectivity index is 1.50. The summed E-state index contributed by atoms with van der Waals surface area (Å²) in [7, 11) is 3.24. The van der Waals surface area contributed by atoms with Crippen molar-refractivity contribution in [3.63, 3.8) is 0 Å². The highest BCUT2D eigenvalue weighted by atomic mass is 16.5. The number of hydrogen-bond donors (Lipinski definition) is 1. The number of nitrogens with one attached hydrogen (secondary N) is 1. The normalized spacial score (nSPS) is 15.5. The van der Waals surface area contributed by atoms with Crippen LogP contribution in [0, 0.1) is 0 Å². The molecule has 3 aromatic rings. The summed E-state index contributed by atoms with van der Waals surface area (Å²) < 4.78 is 16.2. The van der Waals surface area contributed by atoms with E-state index < -0.39 is 0 Å². The zero-order chi connectivity index (χ0) is 20.2. The number of carbonyl (C=O) groups is 1. The molecule has 1 amide bonds. The number of H-pyrrole nitrogens is 1. The van der Waals surface area contributed by atoms with Crippen molar-refractivity contribution < 1.29 is 19.0 Å². The summed E-state index contributed by atoms with van der Waals surface area (Å²) in [5.41, 5.74) is 2.97. The van der Waals surface area contributed by atoms with Crippen LogP contribution in [0.3, 0.4) is 0 Å². The van der Waals surface area contributed by atoms with Gasteiger partial charge in [-0.2, -0.15) is 0 Å². The summed E-state index contributed by atoms with van der Waals surface area (Å²) >= 11 is 0. The summed E-state index contributed by atoms with van der Waals surface area (Å²) in [4.78, 5) is 22.3. The maximum absolute atomic E-state index is 12.9. The molecule has 150 valence electrons. The van der Waals surface area contributed by atoms with Crippen LogP contribution in [0.4, 0.5) is 0 Å². The smallest absolute Gasteiger partial charge is 0.260 e. The Morgan fingerprint density at radius 1 is 1.10 bits per heavy atom. The van der Waals surface area contributed by atoms with Gasteiger partial charge in [0.1, 0.15) is 17.2 Å². The molecule has 1 unspecified atom stereocenters. The number of fused-ring (bicyclic) bond motifs is 1. The molecular weight excluding hydrogens is 370 g/mol. The lowest BCUT2D eigenvalue weighted by Crippen LogP contribution is -2.41. The van der Waals surface area contributed by atoms with Gasteiger partial charge in [0.2, 0.25) is 0 Å². The largest absolute Gasteiger partial charge is 0.497 e. The Morgan fingerprint density at radius 3 is 2.62 bits per heavy atom. The van der Waals surface area contributed by atoms with Crippen LogP contribution in [0.2, 0.25) is 0 Å². The van der Waals surface area contributed by atoms with Gasteiger partial charge in [0.15, 0.2) is 6.61 Å². The van der Waals surface area contributed by atoms with Crippen molar-refractivity contribution in [3.05, 3.63) is 71.8 Å². The van der Waals surface area contributed by atoms with Crippen molar-refractivity contribution in [3.8, 4) is 17.2 Å². The fourth-order valence-corrected chi connectivity index (χ4v) is 3.56. The van der Waals surface area contributed by atoms with E-state index in [9.17, 15) is 4.79 Å². The Kier molecular flexibility index (Phi) is 5.37. The molecule has 0 spiro atoms. The van der Waals surface area contributed by atoms with Gasteiger partial charge in [0.05, 0.1) is 38.5 Å². The van der Waals surface area contributed by atoms with E-state index >= 15 is 0 Å². The van der Waals surface area contributed by atoms with Crippen molar-refractivity contribution in [2.24, 2.45) is 0 Å². The summed E-state index contributed by atoms with van der Waals surface area (Å²) in [5, 5.41) is 0. The highest BCUT2D eigenvalue weighted by molar-refractivity contribution is 5.78. The minimum Gasteiger partial charge on any atom is -0.497 e. The molecule has 29 heavy (non-hydrogen) atoms. The van der Waals surface area contributed by atoms with Gasteiger partial charge in [0, 0.05) is 18.5 Å². The standard InChI is InChI=1S/C22H23N3O4/c1-27-16-6-3-5-15(9-16)19-11-25(12-20-22(19)24-14-23-20)21(26)13-29-18-8-4-7-17(10-18)28-2/h3-10,14,19H,11-13H2,1-2H3,(H,23,24). The number of aromatic amines is 1. The zero-order valence-electron chi connectivity index (χ0n) is 16.4. The molecule has 4 rings (SSSR count). The lowest BCUT2D eigenvalue weighted by Gasteiger charge is -2.32. The van der Waals surface area contributed by atoms with Crippen molar-refractivity contribution in [2.45, 2.75) is 12.5 Å². The Morgan fingerprint density at radius 2 is 1.83 bits per heavy atom. The number of ether oxygens (including phenoxy) is 3. The van der Waals surface area contributed by atoms with E-state index in [-0.39, 0.29) is 18.4 Å². The molecule has 7 heteroatoms. The van der Waals surface area contributed by atoms with Gasteiger partial charge >= 0.3 is 0 Å². The molecule has 2 aromatic carbocycles. The summed E-state index contributed by atoms with van der Waals surface area (Å²) in [5.74, 6) is 1.96. The second-order valence-electron chi connectivity index (χ2n) is 6.84. The van der Waals surface area contributed by atoms with E-state index in [4.69, 9.17) is 14.2 Å². The number of amides is 1. The van der Waals surface area contributed by atoms with Gasteiger partial charge in [-0.05, 0) is 29.8 Å². The topological polar surface area (TPSA) is 76.7 Å².